The molecular formula is C12H14BrN. The molecule has 14 heavy (non-hydrogen) atoms. The summed E-state index contributed by atoms with van der Waals surface area (Å²) in [7, 11) is 0. The Balaban J connectivity index is 2.21. The van der Waals surface area contributed by atoms with Crippen LogP contribution >= 0.6 is 15.9 Å². The zero-order valence-electron chi connectivity index (χ0n) is 8.12. The van der Waals surface area contributed by atoms with Crippen molar-refractivity contribution in [2.24, 2.45) is 0 Å². The first-order chi connectivity index (χ1) is 6.81. The van der Waals surface area contributed by atoms with E-state index < -0.39 is 0 Å². The molecule has 1 aliphatic heterocycles. The van der Waals surface area contributed by atoms with E-state index in [0.717, 1.165) is 11.0 Å². The summed E-state index contributed by atoms with van der Waals surface area (Å²) in [6, 6.07) is 9.02. The highest BCUT2D eigenvalue weighted by atomic mass is 79.9. The Bertz CT molecular complexity index is 318. The monoisotopic (exact) mass is 251 g/mol. The molecule has 2 heteroatoms. The average Bonchev–Trinajstić information content (AvgIpc) is 2.67. The third-order valence-electron chi connectivity index (χ3n) is 2.73. The zero-order chi connectivity index (χ0) is 9.97. The van der Waals surface area contributed by atoms with Gasteiger partial charge in [-0.1, -0.05) is 22.0 Å². The summed E-state index contributed by atoms with van der Waals surface area (Å²) in [5.41, 5.74) is 1.30. The van der Waals surface area contributed by atoms with Gasteiger partial charge in [-0.3, -0.25) is 0 Å². The second-order valence-electron chi connectivity index (χ2n) is 3.62. The van der Waals surface area contributed by atoms with E-state index in [9.17, 15) is 0 Å². The molecule has 0 aromatic heterocycles. The third kappa shape index (κ3) is 1.85. The molecule has 1 nitrogen and oxygen atoms in total. The van der Waals surface area contributed by atoms with Gasteiger partial charge >= 0.3 is 0 Å². The fourth-order valence-electron chi connectivity index (χ4n) is 1.99. The van der Waals surface area contributed by atoms with Crippen LogP contribution in [0.15, 0.2) is 41.4 Å². The molecule has 1 aromatic rings. The Labute approximate surface area is 93.6 Å². The largest absolute Gasteiger partial charge is 0.365 e. The second kappa shape index (κ2) is 4.18. The summed E-state index contributed by atoms with van der Waals surface area (Å²) in [4.78, 5) is 2.42. The first-order valence-electron chi connectivity index (χ1n) is 4.96. The topological polar surface area (TPSA) is 3.24 Å². The lowest BCUT2D eigenvalue weighted by Gasteiger charge is -2.24. The molecule has 0 aliphatic carbocycles. The van der Waals surface area contributed by atoms with Gasteiger partial charge in [0.2, 0.25) is 0 Å². The maximum absolute atomic E-state index is 3.89. The van der Waals surface area contributed by atoms with Crippen LogP contribution in [0.3, 0.4) is 0 Å². The minimum Gasteiger partial charge on any atom is -0.365 e. The van der Waals surface area contributed by atoms with Crippen LogP contribution in [0, 0.1) is 0 Å². The van der Waals surface area contributed by atoms with E-state index in [-0.39, 0.29) is 0 Å². The van der Waals surface area contributed by atoms with Gasteiger partial charge in [0.25, 0.3) is 0 Å². The predicted molar refractivity (Wildman–Crippen MR) is 64.7 cm³/mol. The molecule has 1 aliphatic rings. The number of rotatable bonds is 2. The Morgan fingerprint density at radius 2 is 2.07 bits per heavy atom. The Kier molecular flexibility index (Phi) is 2.92. The average molecular weight is 252 g/mol. The minimum atomic E-state index is 0.524. The molecule has 2 rings (SSSR count). The molecule has 1 fully saturated rings. The fraction of sp³-hybridized carbons (Fsp3) is 0.333. The molecule has 0 saturated carbocycles. The summed E-state index contributed by atoms with van der Waals surface area (Å²) in [6.45, 7) is 5.04. The van der Waals surface area contributed by atoms with Crippen LogP contribution in [0.25, 0.3) is 0 Å². The quantitative estimate of drug-likeness (QED) is 0.727. The molecule has 0 N–H and O–H groups in total. The number of hydrogen-bond acceptors (Lipinski definition) is 1. The van der Waals surface area contributed by atoms with Crippen LogP contribution in [0.2, 0.25) is 0 Å². The molecule has 1 unspecified atom stereocenters. The Hall–Kier alpha value is -0.760. The van der Waals surface area contributed by atoms with Crippen molar-refractivity contribution in [3.05, 3.63) is 41.4 Å². The highest BCUT2D eigenvalue weighted by Gasteiger charge is 2.21. The van der Waals surface area contributed by atoms with Crippen molar-refractivity contribution in [1.29, 1.82) is 0 Å². The van der Waals surface area contributed by atoms with Crippen molar-refractivity contribution >= 4 is 21.6 Å². The lowest BCUT2D eigenvalue weighted by Crippen LogP contribution is -2.26. The third-order valence-corrected chi connectivity index (χ3v) is 3.26. The van der Waals surface area contributed by atoms with E-state index in [1.54, 1.807) is 0 Å². The van der Waals surface area contributed by atoms with Crippen LogP contribution in [0.5, 0.6) is 0 Å². The van der Waals surface area contributed by atoms with Gasteiger partial charge in [0.05, 0.1) is 0 Å². The van der Waals surface area contributed by atoms with Crippen LogP contribution in [0.1, 0.15) is 12.8 Å². The van der Waals surface area contributed by atoms with Crippen LogP contribution in [-0.4, -0.2) is 12.6 Å². The number of anilines is 1. The van der Waals surface area contributed by atoms with Crippen LogP contribution in [-0.2, 0) is 0 Å². The molecule has 0 amide bonds. The summed E-state index contributed by atoms with van der Waals surface area (Å²) in [5.74, 6) is 0. The molecule has 1 saturated heterocycles. The lowest BCUT2D eigenvalue weighted by atomic mass is 10.2. The van der Waals surface area contributed by atoms with Crippen molar-refractivity contribution in [2.45, 2.75) is 18.9 Å². The van der Waals surface area contributed by atoms with Crippen molar-refractivity contribution in [3.63, 3.8) is 0 Å². The summed E-state index contributed by atoms with van der Waals surface area (Å²) < 4.78 is 1.13. The van der Waals surface area contributed by atoms with E-state index >= 15 is 0 Å². The van der Waals surface area contributed by atoms with Gasteiger partial charge < -0.3 is 4.90 Å². The van der Waals surface area contributed by atoms with E-state index in [1.807, 2.05) is 0 Å². The SMILES string of the molecule is C=CC1CCCN1c1ccc(Br)cc1. The van der Waals surface area contributed by atoms with Crippen molar-refractivity contribution in [1.82, 2.24) is 0 Å². The van der Waals surface area contributed by atoms with E-state index in [1.165, 1.54) is 18.5 Å². The van der Waals surface area contributed by atoms with Gasteiger partial charge in [0.15, 0.2) is 0 Å². The fourth-order valence-corrected chi connectivity index (χ4v) is 2.25. The molecule has 74 valence electrons. The van der Waals surface area contributed by atoms with Gasteiger partial charge in [-0.2, -0.15) is 0 Å². The molecule has 0 radical (unpaired) electrons. The van der Waals surface area contributed by atoms with Gasteiger partial charge in [0, 0.05) is 22.7 Å². The highest BCUT2D eigenvalue weighted by molar-refractivity contribution is 9.10. The van der Waals surface area contributed by atoms with Gasteiger partial charge in [-0.25, -0.2) is 0 Å². The van der Waals surface area contributed by atoms with Crippen molar-refractivity contribution < 1.29 is 0 Å². The maximum atomic E-state index is 3.89. The van der Waals surface area contributed by atoms with E-state index in [0.29, 0.717) is 6.04 Å². The predicted octanol–water partition coefficient (Wildman–Crippen LogP) is 3.60. The lowest BCUT2D eigenvalue weighted by molar-refractivity contribution is 0.807. The van der Waals surface area contributed by atoms with Crippen LogP contribution in [0.4, 0.5) is 5.69 Å². The molecule has 1 aromatic carbocycles. The standard InChI is InChI=1S/C12H14BrN/c1-2-11-4-3-9-14(11)12-7-5-10(13)6-8-12/h2,5-8,11H,1,3-4,9H2. The Morgan fingerprint density at radius 1 is 1.36 bits per heavy atom. The second-order valence-corrected chi connectivity index (χ2v) is 4.53. The molecule has 1 atom stereocenters. The first kappa shape index (κ1) is 9.78. The first-order valence-corrected chi connectivity index (χ1v) is 5.75. The smallest absolute Gasteiger partial charge is 0.0471 e. The summed E-state index contributed by atoms with van der Waals surface area (Å²) >= 11 is 3.45. The number of hydrogen-bond donors (Lipinski definition) is 0. The van der Waals surface area contributed by atoms with Gasteiger partial charge in [0.1, 0.15) is 0 Å². The highest BCUT2D eigenvalue weighted by Crippen LogP contribution is 2.26. The van der Waals surface area contributed by atoms with Gasteiger partial charge in [-0.05, 0) is 37.1 Å². The van der Waals surface area contributed by atoms with Crippen LogP contribution < -0.4 is 4.90 Å². The van der Waals surface area contributed by atoms with E-state index in [4.69, 9.17) is 0 Å². The van der Waals surface area contributed by atoms with Gasteiger partial charge in [-0.15, -0.1) is 6.58 Å². The minimum absolute atomic E-state index is 0.524. The van der Waals surface area contributed by atoms with Crippen molar-refractivity contribution in [2.75, 3.05) is 11.4 Å². The normalized spacial score (nSPS) is 21.2. The summed E-state index contributed by atoms with van der Waals surface area (Å²) in [6.07, 6.45) is 4.56. The zero-order valence-corrected chi connectivity index (χ0v) is 9.70. The molecule has 0 spiro atoms. The van der Waals surface area contributed by atoms with Crippen molar-refractivity contribution in [3.8, 4) is 0 Å². The maximum Gasteiger partial charge on any atom is 0.0471 e. The number of halogens is 1. The number of benzene rings is 1. The molecule has 1 heterocycles. The number of nitrogens with zero attached hydrogens (tertiary/aromatic N) is 1. The molecule has 0 bridgehead atoms. The van der Waals surface area contributed by atoms with E-state index in [2.05, 4.69) is 57.8 Å². The Morgan fingerprint density at radius 3 is 2.71 bits per heavy atom. The molecular weight excluding hydrogens is 238 g/mol. The summed E-state index contributed by atoms with van der Waals surface area (Å²) in [5, 5.41) is 0.